The third kappa shape index (κ3) is 4.69. The van der Waals surface area contributed by atoms with E-state index in [1.807, 2.05) is 30.3 Å². The average molecular weight is 493 g/mol. The maximum absolute atomic E-state index is 9.18. The van der Waals surface area contributed by atoms with Gasteiger partial charge in [-0.05, 0) is 29.0 Å². The monoisotopic (exact) mass is 492 g/mol. The summed E-state index contributed by atoms with van der Waals surface area (Å²) in [6.07, 6.45) is 3.10. The number of nitrogens with zero attached hydrogens (tertiary/aromatic N) is 4. The number of unbranched alkanes of at least 4 members (excludes halogenated alkanes) is 1. The Labute approximate surface area is 206 Å². The van der Waals surface area contributed by atoms with Crippen molar-refractivity contribution in [3.8, 4) is 0 Å². The Morgan fingerprint density at radius 3 is 2.65 bits per heavy atom. The molecule has 0 saturated heterocycles. The van der Waals surface area contributed by atoms with Gasteiger partial charge in [0.2, 0.25) is 0 Å². The topological polar surface area (TPSA) is 102 Å². The van der Waals surface area contributed by atoms with Crippen LogP contribution in [0.25, 0.3) is 21.3 Å². The molecule has 0 aliphatic carbocycles. The SMILES string of the molecule is CCCCc1nc2c(N)nc3ccsc3c2n1Cc1nc(CNCc2ccc(CO)cc2)cs1. The number of nitrogen functional groups attached to an aromatic ring is 1. The maximum atomic E-state index is 9.18. The van der Waals surface area contributed by atoms with Crippen molar-refractivity contribution in [1.29, 1.82) is 0 Å². The molecule has 5 aromatic rings. The van der Waals surface area contributed by atoms with E-state index in [1.54, 1.807) is 22.7 Å². The number of rotatable bonds is 10. The number of aliphatic hydroxyl groups excluding tert-OH is 1. The molecule has 4 aromatic heterocycles. The molecule has 0 bridgehead atoms. The molecule has 7 nitrogen and oxygen atoms in total. The first-order chi connectivity index (χ1) is 16.7. The highest BCUT2D eigenvalue weighted by molar-refractivity contribution is 7.18. The number of thiophene rings is 1. The second-order valence-electron chi connectivity index (χ2n) is 8.36. The van der Waals surface area contributed by atoms with Gasteiger partial charge in [-0.3, -0.25) is 0 Å². The van der Waals surface area contributed by atoms with Gasteiger partial charge in [-0.25, -0.2) is 15.0 Å². The molecule has 0 spiro atoms. The number of fused-ring (bicyclic) bond motifs is 3. The summed E-state index contributed by atoms with van der Waals surface area (Å²) < 4.78 is 3.42. The quantitative estimate of drug-likeness (QED) is 0.257. The molecule has 4 heterocycles. The van der Waals surface area contributed by atoms with Gasteiger partial charge < -0.3 is 20.7 Å². The van der Waals surface area contributed by atoms with Gasteiger partial charge in [0.25, 0.3) is 0 Å². The summed E-state index contributed by atoms with van der Waals surface area (Å²) >= 11 is 3.36. The summed E-state index contributed by atoms with van der Waals surface area (Å²) in [5.41, 5.74) is 12.2. The third-order valence-corrected chi connectivity index (χ3v) is 7.67. The van der Waals surface area contributed by atoms with E-state index >= 15 is 0 Å². The Morgan fingerprint density at radius 1 is 1.03 bits per heavy atom. The second kappa shape index (κ2) is 10.2. The number of hydrogen-bond donors (Lipinski definition) is 3. The second-order valence-corrected chi connectivity index (χ2v) is 10.2. The van der Waals surface area contributed by atoms with Crippen LogP contribution in [0.3, 0.4) is 0 Å². The van der Waals surface area contributed by atoms with Gasteiger partial charge in [-0.2, -0.15) is 0 Å². The van der Waals surface area contributed by atoms with Gasteiger partial charge in [0, 0.05) is 24.9 Å². The number of nitrogens with one attached hydrogen (secondary N) is 1. The lowest BCUT2D eigenvalue weighted by molar-refractivity contribution is 0.282. The third-order valence-electron chi connectivity index (χ3n) is 5.88. The number of anilines is 1. The average Bonchev–Trinajstić information content (AvgIpc) is 3.58. The highest BCUT2D eigenvalue weighted by atomic mass is 32.1. The van der Waals surface area contributed by atoms with Crippen molar-refractivity contribution in [1.82, 2.24) is 24.8 Å². The highest BCUT2D eigenvalue weighted by Gasteiger charge is 2.19. The fourth-order valence-corrected chi connectivity index (χ4v) is 5.76. The van der Waals surface area contributed by atoms with Crippen LogP contribution in [0.5, 0.6) is 0 Å². The van der Waals surface area contributed by atoms with Crippen LogP contribution in [0.4, 0.5) is 5.82 Å². The van der Waals surface area contributed by atoms with Crippen LogP contribution in [-0.2, 0) is 32.7 Å². The van der Waals surface area contributed by atoms with E-state index in [1.165, 1.54) is 5.56 Å². The molecule has 0 aliphatic heterocycles. The minimum absolute atomic E-state index is 0.0722. The number of aryl methyl sites for hydroxylation is 1. The molecule has 9 heteroatoms. The zero-order valence-corrected chi connectivity index (χ0v) is 20.8. The van der Waals surface area contributed by atoms with E-state index in [0.29, 0.717) is 18.9 Å². The largest absolute Gasteiger partial charge is 0.392 e. The summed E-state index contributed by atoms with van der Waals surface area (Å²) in [4.78, 5) is 14.4. The van der Waals surface area contributed by atoms with Crippen molar-refractivity contribution in [2.45, 2.75) is 52.4 Å². The summed E-state index contributed by atoms with van der Waals surface area (Å²) in [6.45, 7) is 4.41. The van der Waals surface area contributed by atoms with Crippen molar-refractivity contribution in [2.75, 3.05) is 5.73 Å². The Balaban J connectivity index is 1.35. The fraction of sp³-hybridized carbons (Fsp3) is 0.320. The molecule has 0 atom stereocenters. The van der Waals surface area contributed by atoms with Gasteiger partial charge in [-0.1, -0.05) is 37.6 Å². The minimum atomic E-state index is 0.0722. The van der Waals surface area contributed by atoms with E-state index < -0.39 is 0 Å². The van der Waals surface area contributed by atoms with Crippen LogP contribution in [-0.4, -0.2) is 24.6 Å². The number of nitrogens with two attached hydrogens (primary N) is 1. The molecular weight excluding hydrogens is 464 g/mol. The van der Waals surface area contributed by atoms with Crippen molar-refractivity contribution >= 4 is 49.7 Å². The fourth-order valence-electron chi connectivity index (χ4n) is 4.09. The molecule has 0 saturated carbocycles. The molecule has 34 heavy (non-hydrogen) atoms. The van der Waals surface area contributed by atoms with E-state index in [0.717, 1.165) is 69.1 Å². The summed E-state index contributed by atoms with van der Waals surface area (Å²) in [7, 11) is 0. The van der Waals surface area contributed by atoms with Crippen LogP contribution in [0.2, 0.25) is 0 Å². The van der Waals surface area contributed by atoms with Crippen molar-refractivity contribution in [3.05, 3.63) is 68.7 Å². The molecule has 0 unspecified atom stereocenters. The Hall–Kier alpha value is -2.85. The normalized spacial score (nSPS) is 11.7. The first-order valence-electron chi connectivity index (χ1n) is 11.5. The lowest BCUT2D eigenvalue weighted by Gasteiger charge is -2.08. The number of benzene rings is 1. The van der Waals surface area contributed by atoms with E-state index in [-0.39, 0.29) is 6.61 Å². The molecule has 1 aromatic carbocycles. The summed E-state index contributed by atoms with van der Waals surface area (Å²) in [5, 5.41) is 17.9. The minimum Gasteiger partial charge on any atom is -0.392 e. The van der Waals surface area contributed by atoms with Gasteiger partial charge in [0.05, 0.1) is 34.6 Å². The van der Waals surface area contributed by atoms with Crippen LogP contribution >= 0.6 is 22.7 Å². The standard InChI is InChI=1S/C25H28N6OS2/c1-2-3-4-20-30-22-23(24-19(9-10-33-24)29-25(22)26)31(20)13-21-28-18(15-34-21)12-27-11-16-5-7-17(14-32)8-6-16/h5-10,15,27,32H,2-4,11-14H2,1H3,(H2,26,29). The van der Waals surface area contributed by atoms with Crippen LogP contribution in [0.15, 0.2) is 41.1 Å². The molecule has 4 N–H and O–H groups in total. The van der Waals surface area contributed by atoms with Crippen LogP contribution in [0, 0.1) is 0 Å². The van der Waals surface area contributed by atoms with Gasteiger partial charge in [0.1, 0.15) is 16.3 Å². The van der Waals surface area contributed by atoms with Crippen LogP contribution in [0.1, 0.15) is 47.4 Å². The predicted octanol–water partition coefficient (Wildman–Crippen LogP) is 4.86. The molecule has 0 radical (unpaired) electrons. The summed E-state index contributed by atoms with van der Waals surface area (Å²) in [5.74, 6) is 1.54. The first-order valence-corrected chi connectivity index (χ1v) is 13.3. The number of aliphatic hydroxyl groups is 1. The number of thiazole rings is 1. The number of imidazole rings is 1. The van der Waals surface area contributed by atoms with E-state index in [9.17, 15) is 5.11 Å². The van der Waals surface area contributed by atoms with Gasteiger partial charge in [-0.15, -0.1) is 22.7 Å². The Kier molecular flexibility index (Phi) is 6.87. The Bertz CT molecular complexity index is 1400. The molecule has 176 valence electrons. The van der Waals surface area contributed by atoms with E-state index in [4.69, 9.17) is 15.7 Å². The maximum Gasteiger partial charge on any atom is 0.152 e. The highest BCUT2D eigenvalue weighted by Crippen LogP contribution is 2.33. The van der Waals surface area contributed by atoms with Crippen LogP contribution < -0.4 is 11.1 Å². The molecule has 0 amide bonds. The molecule has 5 rings (SSSR count). The number of pyridine rings is 1. The lowest BCUT2D eigenvalue weighted by atomic mass is 10.1. The molecule has 0 aliphatic rings. The first kappa shape index (κ1) is 22.9. The zero-order chi connectivity index (χ0) is 23.5. The smallest absolute Gasteiger partial charge is 0.152 e. The van der Waals surface area contributed by atoms with Crippen molar-refractivity contribution in [2.24, 2.45) is 0 Å². The van der Waals surface area contributed by atoms with E-state index in [2.05, 4.69) is 32.6 Å². The molecule has 0 fully saturated rings. The summed E-state index contributed by atoms with van der Waals surface area (Å²) in [6, 6.07) is 10.0. The Morgan fingerprint density at radius 2 is 1.85 bits per heavy atom. The molecular formula is C25H28N6OS2. The van der Waals surface area contributed by atoms with Gasteiger partial charge >= 0.3 is 0 Å². The number of aromatic nitrogens is 4. The lowest BCUT2D eigenvalue weighted by Crippen LogP contribution is -2.13. The van der Waals surface area contributed by atoms with Crippen molar-refractivity contribution < 1.29 is 5.11 Å². The van der Waals surface area contributed by atoms with Crippen molar-refractivity contribution in [3.63, 3.8) is 0 Å². The van der Waals surface area contributed by atoms with Gasteiger partial charge in [0.15, 0.2) is 5.82 Å². The zero-order valence-electron chi connectivity index (χ0n) is 19.1. The number of hydrogen-bond acceptors (Lipinski definition) is 8. The predicted molar refractivity (Wildman–Crippen MR) is 140 cm³/mol.